The molecular formula is C7H15NO. The van der Waals surface area contributed by atoms with Crippen LogP contribution in [0.1, 0.15) is 6.92 Å². The molecule has 0 aliphatic heterocycles. The van der Waals surface area contributed by atoms with Gasteiger partial charge in [0.25, 0.3) is 0 Å². The van der Waals surface area contributed by atoms with E-state index in [-0.39, 0.29) is 6.10 Å². The molecular weight excluding hydrogens is 114 g/mol. The molecule has 0 radical (unpaired) electrons. The number of aliphatic hydroxyl groups excluding tert-OH is 1. The second-order valence-corrected chi connectivity index (χ2v) is 2.43. The standard InChI is InChI=1S/C7H15NO/c1-7(9)5-4-6-8(2)3/h4-5,7,9H,6H2,1-3H3. The van der Waals surface area contributed by atoms with Gasteiger partial charge in [-0.25, -0.2) is 0 Å². The van der Waals surface area contributed by atoms with Crippen LogP contribution in [0.15, 0.2) is 12.2 Å². The van der Waals surface area contributed by atoms with E-state index >= 15 is 0 Å². The summed E-state index contributed by atoms with van der Waals surface area (Å²) in [5.74, 6) is 0. The maximum atomic E-state index is 8.76. The van der Waals surface area contributed by atoms with Crippen LogP contribution >= 0.6 is 0 Å². The summed E-state index contributed by atoms with van der Waals surface area (Å²) in [6, 6.07) is 0. The maximum absolute atomic E-state index is 8.76. The lowest BCUT2D eigenvalue weighted by atomic mass is 10.3. The Kier molecular flexibility index (Phi) is 4.36. The van der Waals surface area contributed by atoms with Crippen LogP contribution in [-0.2, 0) is 0 Å². The summed E-state index contributed by atoms with van der Waals surface area (Å²) in [7, 11) is 3.98. The first-order chi connectivity index (χ1) is 4.13. The molecule has 0 heterocycles. The minimum absolute atomic E-state index is 0.315. The first-order valence-electron chi connectivity index (χ1n) is 3.12. The molecule has 0 rings (SSSR count). The lowest BCUT2D eigenvalue weighted by molar-refractivity contribution is 0.243. The van der Waals surface area contributed by atoms with Gasteiger partial charge in [0.05, 0.1) is 6.10 Å². The molecule has 0 aromatic heterocycles. The van der Waals surface area contributed by atoms with Gasteiger partial charge < -0.3 is 10.0 Å². The highest BCUT2D eigenvalue weighted by Crippen LogP contribution is 1.83. The van der Waals surface area contributed by atoms with Gasteiger partial charge in [-0.15, -0.1) is 0 Å². The normalized spacial score (nSPS) is 15.2. The van der Waals surface area contributed by atoms with Crippen molar-refractivity contribution in [2.24, 2.45) is 0 Å². The van der Waals surface area contributed by atoms with Crippen molar-refractivity contribution in [2.75, 3.05) is 20.6 Å². The first kappa shape index (κ1) is 8.66. The van der Waals surface area contributed by atoms with Gasteiger partial charge in [0.2, 0.25) is 0 Å². The summed E-state index contributed by atoms with van der Waals surface area (Å²) < 4.78 is 0. The minimum atomic E-state index is -0.315. The number of hydrogen-bond donors (Lipinski definition) is 1. The van der Waals surface area contributed by atoms with Crippen molar-refractivity contribution in [1.29, 1.82) is 0 Å². The van der Waals surface area contributed by atoms with Crippen molar-refractivity contribution in [1.82, 2.24) is 4.90 Å². The summed E-state index contributed by atoms with van der Waals surface area (Å²) in [4.78, 5) is 2.04. The number of hydrogen-bond acceptors (Lipinski definition) is 2. The Morgan fingerprint density at radius 1 is 1.56 bits per heavy atom. The zero-order valence-corrected chi connectivity index (χ0v) is 6.33. The third-order valence-corrected chi connectivity index (χ3v) is 0.885. The number of aliphatic hydroxyl groups is 1. The molecule has 1 unspecified atom stereocenters. The van der Waals surface area contributed by atoms with E-state index < -0.39 is 0 Å². The van der Waals surface area contributed by atoms with Gasteiger partial charge in [-0.1, -0.05) is 12.2 Å². The summed E-state index contributed by atoms with van der Waals surface area (Å²) >= 11 is 0. The number of nitrogens with zero attached hydrogens (tertiary/aromatic N) is 1. The largest absolute Gasteiger partial charge is 0.389 e. The van der Waals surface area contributed by atoms with E-state index in [1.165, 1.54) is 0 Å². The van der Waals surface area contributed by atoms with E-state index in [4.69, 9.17) is 5.11 Å². The molecule has 0 aromatic carbocycles. The van der Waals surface area contributed by atoms with Crippen molar-refractivity contribution in [3.63, 3.8) is 0 Å². The molecule has 0 aliphatic rings. The van der Waals surface area contributed by atoms with Crippen LogP contribution in [0.5, 0.6) is 0 Å². The van der Waals surface area contributed by atoms with Gasteiger partial charge >= 0.3 is 0 Å². The van der Waals surface area contributed by atoms with E-state index in [9.17, 15) is 0 Å². The van der Waals surface area contributed by atoms with Crippen LogP contribution in [0.25, 0.3) is 0 Å². The Morgan fingerprint density at radius 3 is 2.44 bits per heavy atom. The monoisotopic (exact) mass is 129 g/mol. The average molecular weight is 129 g/mol. The summed E-state index contributed by atoms with van der Waals surface area (Å²) in [6.07, 6.45) is 3.41. The van der Waals surface area contributed by atoms with Gasteiger partial charge in [-0.3, -0.25) is 0 Å². The fourth-order valence-corrected chi connectivity index (χ4v) is 0.469. The highest BCUT2D eigenvalue weighted by atomic mass is 16.3. The van der Waals surface area contributed by atoms with Crippen molar-refractivity contribution >= 4 is 0 Å². The molecule has 54 valence electrons. The zero-order valence-electron chi connectivity index (χ0n) is 6.33. The molecule has 0 spiro atoms. The third-order valence-electron chi connectivity index (χ3n) is 0.885. The van der Waals surface area contributed by atoms with Crippen molar-refractivity contribution in [3.8, 4) is 0 Å². The maximum Gasteiger partial charge on any atom is 0.0693 e. The lowest BCUT2D eigenvalue weighted by Gasteiger charge is -2.03. The molecule has 0 saturated heterocycles. The van der Waals surface area contributed by atoms with Crippen LogP contribution in [0, 0.1) is 0 Å². The smallest absolute Gasteiger partial charge is 0.0693 e. The number of rotatable bonds is 3. The molecule has 0 aliphatic carbocycles. The quantitative estimate of drug-likeness (QED) is 0.560. The van der Waals surface area contributed by atoms with Crippen molar-refractivity contribution < 1.29 is 5.11 Å². The molecule has 9 heavy (non-hydrogen) atoms. The van der Waals surface area contributed by atoms with Gasteiger partial charge in [-0.05, 0) is 21.0 Å². The number of likely N-dealkylation sites (N-methyl/N-ethyl adjacent to an activating group) is 1. The van der Waals surface area contributed by atoms with Gasteiger partial charge in [0.15, 0.2) is 0 Å². The van der Waals surface area contributed by atoms with E-state index in [1.54, 1.807) is 13.0 Å². The fourth-order valence-electron chi connectivity index (χ4n) is 0.469. The summed E-state index contributed by atoms with van der Waals surface area (Å²) in [6.45, 7) is 2.64. The van der Waals surface area contributed by atoms with Crippen LogP contribution in [0.4, 0.5) is 0 Å². The van der Waals surface area contributed by atoms with Gasteiger partial charge in [0.1, 0.15) is 0 Å². The fraction of sp³-hybridized carbons (Fsp3) is 0.714. The molecule has 0 bridgehead atoms. The lowest BCUT2D eigenvalue weighted by Crippen LogP contribution is -2.11. The van der Waals surface area contributed by atoms with Gasteiger partial charge in [-0.2, -0.15) is 0 Å². The Bertz CT molecular complexity index is 86.9. The SMILES string of the molecule is CC(O)C=CCN(C)C. The molecule has 1 atom stereocenters. The van der Waals surface area contributed by atoms with E-state index in [1.807, 2.05) is 25.1 Å². The molecule has 0 saturated carbocycles. The molecule has 2 heteroatoms. The second-order valence-electron chi connectivity index (χ2n) is 2.43. The molecule has 0 amide bonds. The summed E-state index contributed by atoms with van der Waals surface area (Å²) in [5, 5.41) is 8.76. The second kappa shape index (κ2) is 4.53. The molecule has 0 aromatic rings. The van der Waals surface area contributed by atoms with Crippen molar-refractivity contribution in [3.05, 3.63) is 12.2 Å². The van der Waals surface area contributed by atoms with Crippen molar-refractivity contribution in [2.45, 2.75) is 13.0 Å². The Morgan fingerprint density at radius 2 is 2.11 bits per heavy atom. The average Bonchev–Trinajstić information content (AvgIpc) is 1.63. The van der Waals surface area contributed by atoms with E-state index in [0.29, 0.717) is 0 Å². The van der Waals surface area contributed by atoms with Crippen LogP contribution in [0.2, 0.25) is 0 Å². The molecule has 2 nitrogen and oxygen atoms in total. The highest BCUT2D eigenvalue weighted by molar-refractivity contribution is 4.87. The topological polar surface area (TPSA) is 23.5 Å². The Labute approximate surface area is 56.8 Å². The van der Waals surface area contributed by atoms with Crippen LogP contribution in [0.3, 0.4) is 0 Å². The summed E-state index contributed by atoms with van der Waals surface area (Å²) in [5.41, 5.74) is 0. The predicted octanol–water partition coefficient (Wildman–Crippen LogP) is 0.485. The van der Waals surface area contributed by atoms with Crippen LogP contribution < -0.4 is 0 Å². The molecule has 1 N–H and O–H groups in total. The van der Waals surface area contributed by atoms with E-state index in [2.05, 4.69) is 0 Å². The third kappa shape index (κ3) is 7.66. The van der Waals surface area contributed by atoms with E-state index in [0.717, 1.165) is 6.54 Å². The first-order valence-corrected chi connectivity index (χ1v) is 3.12. The Balaban J connectivity index is 3.25. The Hall–Kier alpha value is -0.340. The zero-order chi connectivity index (χ0) is 7.28. The predicted molar refractivity (Wildman–Crippen MR) is 39.4 cm³/mol. The highest BCUT2D eigenvalue weighted by Gasteiger charge is 1.85. The molecule has 0 fully saturated rings. The minimum Gasteiger partial charge on any atom is -0.389 e. The van der Waals surface area contributed by atoms with Crippen LogP contribution in [-0.4, -0.2) is 36.8 Å². The van der Waals surface area contributed by atoms with Gasteiger partial charge in [0, 0.05) is 6.54 Å².